The lowest BCUT2D eigenvalue weighted by Crippen LogP contribution is -2.49. The van der Waals surface area contributed by atoms with Crippen molar-refractivity contribution in [2.24, 2.45) is 0 Å². The highest BCUT2D eigenvalue weighted by atomic mass is 16.5. The standard InChI is InChI=1S/C13H21NO3/c1-10(16-3)13(2,9-15)14-11-5-7-12(17-4)8-6-11/h5-8,10,14-15H,9H2,1-4H3. The zero-order valence-corrected chi connectivity index (χ0v) is 10.9. The highest BCUT2D eigenvalue weighted by Crippen LogP contribution is 2.22. The van der Waals surface area contributed by atoms with Crippen molar-refractivity contribution in [3.05, 3.63) is 24.3 Å². The minimum atomic E-state index is -0.511. The van der Waals surface area contributed by atoms with E-state index in [-0.39, 0.29) is 12.7 Å². The number of benzene rings is 1. The second-order valence-electron chi connectivity index (χ2n) is 4.31. The van der Waals surface area contributed by atoms with Crippen molar-refractivity contribution in [2.75, 3.05) is 26.1 Å². The maximum absolute atomic E-state index is 9.48. The molecule has 17 heavy (non-hydrogen) atoms. The van der Waals surface area contributed by atoms with Crippen molar-refractivity contribution in [1.29, 1.82) is 0 Å². The number of nitrogens with one attached hydrogen (secondary N) is 1. The van der Waals surface area contributed by atoms with Gasteiger partial charge < -0.3 is 19.9 Å². The number of aliphatic hydroxyl groups is 1. The molecule has 0 saturated carbocycles. The predicted molar refractivity (Wildman–Crippen MR) is 68.6 cm³/mol. The fraction of sp³-hybridized carbons (Fsp3) is 0.538. The molecule has 0 aliphatic rings. The Balaban J connectivity index is 2.79. The molecule has 1 rings (SSSR count). The van der Waals surface area contributed by atoms with Crippen LogP contribution in [-0.4, -0.2) is 37.6 Å². The Morgan fingerprint density at radius 1 is 1.29 bits per heavy atom. The number of hydrogen-bond donors (Lipinski definition) is 2. The Morgan fingerprint density at radius 2 is 1.88 bits per heavy atom. The summed E-state index contributed by atoms with van der Waals surface area (Å²) in [6.45, 7) is 3.84. The van der Waals surface area contributed by atoms with Crippen LogP contribution in [0, 0.1) is 0 Å². The van der Waals surface area contributed by atoms with Gasteiger partial charge in [-0.15, -0.1) is 0 Å². The molecule has 0 amide bonds. The van der Waals surface area contributed by atoms with E-state index < -0.39 is 5.54 Å². The SMILES string of the molecule is COc1ccc(NC(C)(CO)C(C)OC)cc1. The Labute approximate surface area is 103 Å². The number of aliphatic hydroxyl groups excluding tert-OH is 1. The monoisotopic (exact) mass is 239 g/mol. The quantitative estimate of drug-likeness (QED) is 0.796. The largest absolute Gasteiger partial charge is 0.497 e. The van der Waals surface area contributed by atoms with Crippen molar-refractivity contribution in [3.63, 3.8) is 0 Å². The van der Waals surface area contributed by atoms with Crippen molar-refractivity contribution >= 4 is 5.69 Å². The highest BCUT2D eigenvalue weighted by Gasteiger charge is 2.30. The summed E-state index contributed by atoms with van der Waals surface area (Å²) < 4.78 is 10.4. The Morgan fingerprint density at radius 3 is 2.29 bits per heavy atom. The van der Waals surface area contributed by atoms with E-state index in [1.807, 2.05) is 38.1 Å². The van der Waals surface area contributed by atoms with Gasteiger partial charge in [-0.25, -0.2) is 0 Å². The maximum Gasteiger partial charge on any atom is 0.119 e. The zero-order valence-electron chi connectivity index (χ0n) is 10.9. The molecule has 0 aliphatic carbocycles. The van der Waals surface area contributed by atoms with Crippen LogP contribution in [0.5, 0.6) is 5.75 Å². The van der Waals surface area contributed by atoms with E-state index in [1.54, 1.807) is 14.2 Å². The molecular weight excluding hydrogens is 218 g/mol. The van der Waals surface area contributed by atoms with Crippen LogP contribution in [-0.2, 0) is 4.74 Å². The van der Waals surface area contributed by atoms with Gasteiger partial charge in [0.1, 0.15) is 5.75 Å². The van der Waals surface area contributed by atoms with Gasteiger partial charge in [-0.1, -0.05) is 0 Å². The molecule has 4 nitrogen and oxygen atoms in total. The van der Waals surface area contributed by atoms with E-state index in [1.165, 1.54) is 0 Å². The second-order valence-corrected chi connectivity index (χ2v) is 4.31. The fourth-order valence-electron chi connectivity index (χ4n) is 1.53. The van der Waals surface area contributed by atoms with E-state index in [2.05, 4.69) is 5.32 Å². The number of ether oxygens (including phenoxy) is 2. The first-order chi connectivity index (χ1) is 8.05. The number of hydrogen-bond acceptors (Lipinski definition) is 4. The minimum Gasteiger partial charge on any atom is -0.497 e. The van der Waals surface area contributed by atoms with Gasteiger partial charge in [0, 0.05) is 12.8 Å². The van der Waals surface area contributed by atoms with Crippen LogP contribution in [0.1, 0.15) is 13.8 Å². The van der Waals surface area contributed by atoms with Crippen LogP contribution in [0.2, 0.25) is 0 Å². The molecule has 2 unspecified atom stereocenters. The summed E-state index contributed by atoms with van der Waals surface area (Å²) in [5.74, 6) is 0.807. The third-order valence-corrected chi connectivity index (χ3v) is 3.10. The normalized spacial score (nSPS) is 16.1. The molecule has 2 N–H and O–H groups in total. The topological polar surface area (TPSA) is 50.7 Å². The van der Waals surface area contributed by atoms with Gasteiger partial charge in [0.25, 0.3) is 0 Å². The molecule has 2 atom stereocenters. The van der Waals surface area contributed by atoms with Crippen LogP contribution in [0.3, 0.4) is 0 Å². The lowest BCUT2D eigenvalue weighted by molar-refractivity contribution is 0.0380. The molecule has 0 fully saturated rings. The van der Waals surface area contributed by atoms with E-state index in [4.69, 9.17) is 9.47 Å². The van der Waals surface area contributed by atoms with Crippen LogP contribution in [0.4, 0.5) is 5.69 Å². The first-order valence-electron chi connectivity index (χ1n) is 5.61. The lowest BCUT2D eigenvalue weighted by atomic mass is 9.96. The third-order valence-electron chi connectivity index (χ3n) is 3.10. The summed E-state index contributed by atoms with van der Waals surface area (Å²) in [7, 11) is 3.27. The van der Waals surface area contributed by atoms with Crippen LogP contribution < -0.4 is 10.1 Å². The Hall–Kier alpha value is -1.26. The van der Waals surface area contributed by atoms with Crippen molar-refractivity contribution in [3.8, 4) is 5.75 Å². The highest BCUT2D eigenvalue weighted by molar-refractivity contribution is 5.48. The van der Waals surface area contributed by atoms with Crippen molar-refractivity contribution in [2.45, 2.75) is 25.5 Å². The third kappa shape index (κ3) is 3.35. The first-order valence-corrected chi connectivity index (χ1v) is 5.61. The summed E-state index contributed by atoms with van der Waals surface area (Å²) in [5.41, 5.74) is 0.412. The minimum absolute atomic E-state index is 0.00592. The van der Waals surface area contributed by atoms with E-state index in [9.17, 15) is 5.11 Å². The average molecular weight is 239 g/mol. The summed E-state index contributed by atoms with van der Waals surface area (Å²) in [5, 5.41) is 12.8. The van der Waals surface area contributed by atoms with Gasteiger partial charge in [-0.3, -0.25) is 0 Å². The van der Waals surface area contributed by atoms with Gasteiger partial charge >= 0.3 is 0 Å². The molecule has 0 radical (unpaired) electrons. The second kappa shape index (κ2) is 5.89. The van der Waals surface area contributed by atoms with Gasteiger partial charge in [-0.2, -0.15) is 0 Å². The number of rotatable bonds is 6. The van der Waals surface area contributed by atoms with Gasteiger partial charge in [-0.05, 0) is 38.1 Å². The Kier molecular flexibility index (Phi) is 4.78. The summed E-state index contributed by atoms with van der Waals surface area (Å²) >= 11 is 0. The van der Waals surface area contributed by atoms with Crippen LogP contribution in [0.25, 0.3) is 0 Å². The molecule has 0 aromatic heterocycles. The summed E-state index contributed by atoms with van der Waals surface area (Å²) in [6, 6.07) is 7.57. The smallest absolute Gasteiger partial charge is 0.119 e. The molecule has 0 bridgehead atoms. The van der Waals surface area contributed by atoms with E-state index >= 15 is 0 Å². The molecule has 0 spiro atoms. The fourth-order valence-corrected chi connectivity index (χ4v) is 1.53. The molecule has 0 saturated heterocycles. The van der Waals surface area contributed by atoms with Gasteiger partial charge in [0.2, 0.25) is 0 Å². The van der Waals surface area contributed by atoms with Crippen LogP contribution in [0.15, 0.2) is 24.3 Å². The van der Waals surface area contributed by atoms with Crippen molar-refractivity contribution in [1.82, 2.24) is 0 Å². The van der Waals surface area contributed by atoms with Crippen molar-refractivity contribution < 1.29 is 14.6 Å². The maximum atomic E-state index is 9.48. The number of anilines is 1. The number of methoxy groups -OCH3 is 2. The molecule has 0 heterocycles. The van der Waals surface area contributed by atoms with Gasteiger partial charge in [0.05, 0.1) is 25.4 Å². The van der Waals surface area contributed by atoms with Crippen LogP contribution >= 0.6 is 0 Å². The molecule has 96 valence electrons. The van der Waals surface area contributed by atoms with Gasteiger partial charge in [0.15, 0.2) is 0 Å². The summed E-state index contributed by atoms with van der Waals surface area (Å²) in [6.07, 6.45) is -0.102. The summed E-state index contributed by atoms with van der Waals surface area (Å²) in [4.78, 5) is 0. The lowest BCUT2D eigenvalue weighted by Gasteiger charge is -2.34. The zero-order chi connectivity index (χ0) is 12.9. The predicted octanol–water partition coefficient (Wildman–Crippen LogP) is 1.89. The molecule has 1 aromatic rings. The van der Waals surface area contributed by atoms with E-state index in [0.29, 0.717) is 0 Å². The molecular formula is C13H21NO3. The average Bonchev–Trinajstić information content (AvgIpc) is 2.38. The molecule has 4 heteroatoms. The Bertz CT molecular complexity index is 339. The first kappa shape index (κ1) is 13.8. The van der Waals surface area contributed by atoms with E-state index in [0.717, 1.165) is 11.4 Å². The molecule has 0 aliphatic heterocycles. The molecule has 1 aromatic carbocycles.